The molecule has 0 spiro atoms. The molecule has 0 saturated carbocycles. The molecule has 1 atom stereocenters. The highest BCUT2D eigenvalue weighted by molar-refractivity contribution is 5.75. The zero-order valence-electron chi connectivity index (χ0n) is 15.6. The Morgan fingerprint density at radius 2 is 1.96 bits per heavy atom. The molecule has 0 saturated heterocycles. The number of rotatable bonds is 7. The van der Waals surface area contributed by atoms with Crippen molar-refractivity contribution >= 4 is 11.0 Å². The largest absolute Gasteiger partial charge is 0.326 e. The molecule has 3 aromatic rings. The van der Waals surface area contributed by atoms with Crippen LogP contribution in [0.25, 0.3) is 11.0 Å². The molecule has 26 heavy (non-hydrogen) atoms. The topological polar surface area (TPSA) is 49.8 Å². The summed E-state index contributed by atoms with van der Waals surface area (Å²) in [6, 6.07) is 11.8. The molecule has 5 heteroatoms. The Bertz CT molecular complexity index is 958. The summed E-state index contributed by atoms with van der Waals surface area (Å²) in [5.74, 6) is -0.147. The molecule has 0 radical (unpaired) electrons. The normalized spacial score (nSPS) is 12.6. The number of hydrogen-bond donors (Lipinski definition) is 2. The lowest BCUT2D eigenvalue weighted by atomic mass is 10.0. The molecule has 4 nitrogen and oxygen atoms in total. The summed E-state index contributed by atoms with van der Waals surface area (Å²) in [4.78, 5) is 14.5. The van der Waals surface area contributed by atoms with Crippen LogP contribution in [0.2, 0.25) is 0 Å². The van der Waals surface area contributed by atoms with Crippen molar-refractivity contribution < 1.29 is 4.39 Å². The third-order valence-corrected chi connectivity index (χ3v) is 4.87. The van der Waals surface area contributed by atoms with Crippen molar-refractivity contribution in [2.75, 3.05) is 6.54 Å². The van der Waals surface area contributed by atoms with E-state index in [1.165, 1.54) is 5.56 Å². The van der Waals surface area contributed by atoms with E-state index in [0.717, 1.165) is 42.4 Å². The van der Waals surface area contributed by atoms with E-state index < -0.39 is 0 Å². The molecule has 1 unspecified atom stereocenters. The summed E-state index contributed by atoms with van der Waals surface area (Å²) in [6.45, 7) is 4.87. The maximum Gasteiger partial charge on any atom is 0.326 e. The SMILES string of the molecule is Cc1cc(CC(C)NCCCc2ccc3c(c2)[nH]c(=O)n3C)ccc1F. The molecule has 0 aliphatic carbocycles. The van der Waals surface area contributed by atoms with E-state index in [-0.39, 0.29) is 11.5 Å². The fraction of sp³-hybridized carbons (Fsp3) is 0.381. The minimum absolute atomic E-state index is 0.0799. The van der Waals surface area contributed by atoms with Crippen LogP contribution < -0.4 is 11.0 Å². The molecule has 0 aliphatic heterocycles. The monoisotopic (exact) mass is 355 g/mol. The minimum Gasteiger partial charge on any atom is -0.314 e. The lowest BCUT2D eigenvalue weighted by Crippen LogP contribution is -2.29. The van der Waals surface area contributed by atoms with E-state index in [9.17, 15) is 9.18 Å². The fourth-order valence-electron chi connectivity index (χ4n) is 3.34. The van der Waals surface area contributed by atoms with Gasteiger partial charge < -0.3 is 10.3 Å². The third-order valence-electron chi connectivity index (χ3n) is 4.87. The molecule has 1 heterocycles. The first-order valence-electron chi connectivity index (χ1n) is 9.10. The number of benzene rings is 2. The summed E-state index contributed by atoms with van der Waals surface area (Å²) in [5, 5.41) is 3.53. The van der Waals surface area contributed by atoms with E-state index in [1.54, 1.807) is 24.6 Å². The van der Waals surface area contributed by atoms with E-state index in [4.69, 9.17) is 0 Å². The van der Waals surface area contributed by atoms with Crippen LogP contribution in [0, 0.1) is 12.7 Å². The van der Waals surface area contributed by atoms with Gasteiger partial charge in [0.05, 0.1) is 11.0 Å². The Morgan fingerprint density at radius 1 is 1.19 bits per heavy atom. The van der Waals surface area contributed by atoms with E-state index in [0.29, 0.717) is 11.6 Å². The van der Waals surface area contributed by atoms with Crippen molar-refractivity contribution in [3.05, 3.63) is 69.4 Å². The summed E-state index contributed by atoms with van der Waals surface area (Å²) < 4.78 is 15.0. The predicted octanol–water partition coefficient (Wildman–Crippen LogP) is 3.47. The number of fused-ring (bicyclic) bond motifs is 1. The Hall–Kier alpha value is -2.40. The molecule has 2 aromatic carbocycles. The highest BCUT2D eigenvalue weighted by Gasteiger charge is 2.06. The highest BCUT2D eigenvalue weighted by atomic mass is 19.1. The Kier molecular flexibility index (Phi) is 5.57. The molecule has 0 amide bonds. The average molecular weight is 355 g/mol. The third kappa shape index (κ3) is 4.22. The molecule has 0 bridgehead atoms. The van der Waals surface area contributed by atoms with E-state index in [2.05, 4.69) is 29.4 Å². The van der Waals surface area contributed by atoms with Crippen LogP contribution in [-0.4, -0.2) is 22.1 Å². The fourth-order valence-corrected chi connectivity index (χ4v) is 3.34. The maximum absolute atomic E-state index is 13.3. The van der Waals surface area contributed by atoms with Gasteiger partial charge in [0.2, 0.25) is 0 Å². The van der Waals surface area contributed by atoms with Crippen molar-refractivity contribution in [3.8, 4) is 0 Å². The van der Waals surface area contributed by atoms with E-state index in [1.807, 2.05) is 18.2 Å². The molecule has 138 valence electrons. The van der Waals surface area contributed by atoms with Crippen molar-refractivity contribution in [1.29, 1.82) is 0 Å². The molecule has 3 rings (SSSR count). The zero-order valence-corrected chi connectivity index (χ0v) is 15.6. The summed E-state index contributed by atoms with van der Waals surface area (Å²) in [6.07, 6.45) is 2.87. The molecule has 0 aliphatic rings. The van der Waals surface area contributed by atoms with Gasteiger partial charge in [-0.1, -0.05) is 18.2 Å². The second-order valence-corrected chi connectivity index (χ2v) is 7.09. The number of aromatic amines is 1. The van der Waals surface area contributed by atoms with Gasteiger partial charge in [-0.05, 0) is 74.5 Å². The number of aromatic nitrogens is 2. The summed E-state index contributed by atoms with van der Waals surface area (Å²) in [7, 11) is 1.77. The lowest BCUT2D eigenvalue weighted by Gasteiger charge is -2.14. The van der Waals surface area contributed by atoms with Gasteiger partial charge in [-0.2, -0.15) is 0 Å². The maximum atomic E-state index is 13.3. The van der Waals surface area contributed by atoms with Crippen LogP contribution in [0.15, 0.2) is 41.2 Å². The van der Waals surface area contributed by atoms with E-state index >= 15 is 0 Å². The Morgan fingerprint density at radius 3 is 2.73 bits per heavy atom. The van der Waals surface area contributed by atoms with Gasteiger partial charge in [0, 0.05) is 13.1 Å². The number of halogens is 1. The number of aryl methyl sites for hydroxylation is 3. The summed E-state index contributed by atoms with van der Waals surface area (Å²) in [5.41, 5.74) is 4.82. The van der Waals surface area contributed by atoms with Crippen molar-refractivity contribution in [2.24, 2.45) is 7.05 Å². The van der Waals surface area contributed by atoms with Crippen LogP contribution >= 0.6 is 0 Å². The quantitative estimate of drug-likeness (QED) is 0.638. The smallest absolute Gasteiger partial charge is 0.314 e. The van der Waals surface area contributed by atoms with Crippen LogP contribution in [0.3, 0.4) is 0 Å². The van der Waals surface area contributed by atoms with Gasteiger partial charge >= 0.3 is 5.69 Å². The molecule has 0 fully saturated rings. The first-order chi connectivity index (χ1) is 12.4. The second-order valence-electron chi connectivity index (χ2n) is 7.09. The number of imidazole rings is 1. The molecular weight excluding hydrogens is 329 g/mol. The molecule has 2 N–H and O–H groups in total. The van der Waals surface area contributed by atoms with Gasteiger partial charge in [0.25, 0.3) is 0 Å². The Balaban J connectivity index is 1.47. The van der Waals surface area contributed by atoms with Crippen LogP contribution in [-0.2, 0) is 19.9 Å². The average Bonchev–Trinajstić information content (AvgIpc) is 2.89. The van der Waals surface area contributed by atoms with Crippen LogP contribution in [0.4, 0.5) is 4.39 Å². The summed E-state index contributed by atoms with van der Waals surface area (Å²) >= 11 is 0. The van der Waals surface area contributed by atoms with Gasteiger partial charge in [-0.3, -0.25) is 4.57 Å². The first-order valence-corrected chi connectivity index (χ1v) is 9.10. The second kappa shape index (κ2) is 7.87. The Labute approximate surface area is 153 Å². The molecular formula is C21H26FN3O. The van der Waals surface area contributed by atoms with Crippen LogP contribution in [0.1, 0.15) is 30.0 Å². The van der Waals surface area contributed by atoms with Gasteiger partial charge in [0.1, 0.15) is 5.82 Å². The number of H-pyrrole nitrogens is 1. The van der Waals surface area contributed by atoms with Crippen molar-refractivity contribution in [2.45, 2.75) is 39.2 Å². The van der Waals surface area contributed by atoms with Gasteiger partial charge in [-0.25, -0.2) is 9.18 Å². The van der Waals surface area contributed by atoms with Crippen LogP contribution in [0.5, 0.6) is 0 Å². The number of nitrogens with zero attached hydrogens (tertiary/aromatic N) is 1. The van der Waals surface area contributed by atoms with Gasteiger partial charge in [0.15, 0.2) is 0 Å². The zero-order chi connectivity index (χ0) is 18.7. The minimum atomic E-state index is -0.147. The number of hydrogen-bond acceptors (Lipinski definition) is 2. The predicted molar refractivity (Wildman–Crippen MR) is 104 cm³/mol. The first kappa shape index (κ1) is 18.4. The van der Waals surface area contributed by atoms with Crippen molar-refractivity contribution in [1.82, 2.24) is 14.9 Å². The molecule has 1 aromatic heterocycles. The number of nitrogens with one attached hydrogen (secondary N) is 2. The highest BCUT2D eigenvalue weighted by Crippen LogP contribution is 2.14. The van der Waals surface area contributed by atoms with Crippen molar-refractivity contribution in [3.63, 3.8) is 0 Å². The van der Waals surface area contributed by atoms with Gasteiger partial charge in [-0.15, -0.1) is 0 Å². The standard InChI is InChI=1S/C21H26FN3O/c1-14-11-17(6-8-18(14)22)12-15(2)23-10-4-5-16-7-9-20-19(13-16)24-21(26)25(20)3/h6-9,11,13,15,23H,4-5,10,12H2,1-3H3,(H,24,26). The lowest BCUT2D eigenvalue weighted by molar-refractivity contribution is 0.533.